The summed E-state index contributed by atoms with van der Waals surface area (Å²) in [6.45, 7) is 8.54. The fraction of sp³-hybridized carbons (Fsp3) is 0.217. The number of thiophene rings is 1. The fourth-order valence-electron chi connectivity index (χ4n) is 3.24. The Morgan fingerprint density at radius 1 is 0.926 bits per heavy atom. The third-order valence-corrected chi connectivity index (χ3v) is 6.03. The van der Waals surface area contributed by atoms with Gasteiger partial charge in [-0.15, -0.1) is 11.3 Å². The Bertz CT molecular complexity index is 1110. The van der Waals surface area contributed by atoms with E-state index in [1.807, 2.05) is 6.07 Å². The van der Waals surface area contributed by atoms with Crippen molar-refractivity contribution in [3.05, 3.63) is 81.5 Å². The monoisotopic (exact) mass is 373 g/mol. The zero-order valence-electron chi connectivity index (χ0n) is 16.1. The number of hydrogen-bond donors (Lipinski definition) is 1. The molecule has 27 heavy (non-hydrogen) atoms. The van der Waals surface area contributed by atoms with E-state index in [2.05, 4.69) is 75.5 Å². The Balaban J connectivity index is 1.82. The minimum Gasteiger partial charge on any atom is -0.339 e. The molecule has 4 rings (SSSR count). The molecule has 0 saturated heterocycles. The van der Waals surface area contributed by atoms with Gasteiger partial charge in [0.15, 0.2) is 0 Å². The molecule has 0 saturated carbocycles. The van der Waals surface area contributed by atoms with Gasteiger partial charge >= 0.3 is 0 Å². The molecule has 4 aromatic rings. The van der Waals surface area contributed by atoms with Crippen LogP contribution in [0.1, 0.15) is 33.0 Å². The normalized spacial score (nSPS) is 11.1. The Hall–Kier alpha value is -2.72. The van der Waals surface area contributed by atoms with Crippen molar-refractivity contribution in [1.82, 2.24) is 9.97 Å². The molecule has 136 valence electrons. The van der Waals surface area contributed by atoms with Crippen LogP contribution in [0.2, 0.25) is 0 Å². The van der Waals surface area contributed by atoms with Gasteiger partial charge in [0.1, 0.15) is 16.5 Å². The molecule has 2 aromatic heterocycles. The van der Waals surface area contributed by atoms with Gasteiger partial charge in [0.05, 0.1) is 5.39 Å². The Morgan fingerprint density at radius 2 is 1.70 bits per heavy atom. The van der Waals surface area contributed by atoms with Crippen molar-refractivity contribution in [3.63, 3.8) is 0 Å². The fourth-order valence-corrected chi connectivity index (χ4v) is 4.29. The lowest BCUT2D eigenvalue weighted by atomic mass is 10.1. The van der Waals surface area contributed by atoms with Crippen LogP contribution in [0.15, 0.2) is 48.5 Å². The first kappa shape index (κ1) is 17.7. The maximum absolute atomic E-state index is 4.92. The molecule has 0 radical (unpaired) electrons. The number of anilines is 2. The highest BCUT2D eigenvalue weighted by atomic mass is 32.1. The molecule has 1 N–H and O–H groups in total. The van der Waals surface area contributed by atoms with Crippen molar-refractivity contribution in [2.75, 3.05) is 5.32 Å². The van der Waals surface area contributed by atoms with E-state index in [1.54, 1.807) is 11.3 Å². The van der Waals surface area contributed by atoms with Crippen molar-refractivity contribution in [2.24, 2.45) is 0 Å². The lowest BCUT2D eigenvalue weighted by Gasteiger charge is -2.13. The van der Waals surface area contributed by atoms with Gasteiger partial charge in [-0.05, 0) is 56.0 Å². The predicted molar refractivity (Wildman–Crippen MR) is 115 cm³/mol. The Labute approximate surface area is 164 Å². The number of nitrogens with zero attached hydrogens (tertiary/aromatic N) is 2. The number of benzene rings is 2. The van der Waals surface area contributed by atoms with Gasteiger partial charge in [0, 0.05) is 17.0 Å². The molecular weight excluding hydrogens is 350 g/mol. The van der Waals surface area contributed by atoms with E-state index in [-0.39, 0.29) is 0 Å². The molecule has 0 aliphatic heterocycles. The molecule has 4 heteroatoms. The third-order valence-electron chi connectivity index (χ3n) is 4.93. The summed E-state index contributed by atoms with van der Waals surface area (Å²) in [6.07, 6.45) is 0.730. The van der Waals surface area contributed by atoms with E-state index in [1.165, 1.54) is 27.1 Å². The minimum atomic E-state index is 0.730. The van der Waals surface area contributed by atoms with Gasteiger partial charge < -0.3 is 5.32 Å². The zero-order valence-corrected chi connectivity index (χ0v) is 16.9. The van der Waals surface area contributed by atoms with Crippen LogP contribution in [0, 0.1) is 27.7 Å². The van der Waals surface area contributed by atoms with Crippen molar-refractivity contribution in [2.45, 2.75) is 34.1 Å². The quantitative estimate of drug-likeness (QED) is 0.459. The van der Waals surface area contributed by atoms with Crippen molar-refractivity contribution < 1.29 is 0 Å². The second kappa shape index (κ2) is 7.12. The van der Waals surface area contributed by atoms with Crippen LogP contribution in [0.4, 0.5) is 11.5 Å². The van der Waals surface area contributed by atoms with E-state index in [0.717, 1.165) is 34.0 Å². The van der Waals surface area contributed by atoms with E-state index in [0.29, 0.717) is 0 Å². The zero-order chi connectivity index (χ0) is 19.0. The first-order chi connectivity index (χ1) is 13.0. The van der Waals surface area contributed by atoms with Gasteiger partial charge in [-0.3, -0.25) is 0 Å². The maximum Gasteiger partial charge on any atom is 0.143 e. The molecule has 0 spiro atoms. The summed E-state index contributed by atoms with van der Waals surface area (Å²) < 4.78 is 0. The molecule has 0 atom stereocenters. The SMILES string of the molecule is Cc1ccc(C)c(Nc2nc(Cc3ccccc3)nc3sc(C)c(C)c23)c1. The third kappa shape index (κ3) is 3.58. The van der Waals surface area contributed by atoms with Crippen LogP contribution >= 0.6 is 11.3 Å². The van der Waals surface area contributed by atoms with Gasteiger partial charge in [-0.25, -0.2) is 9.97 Å². The molecule has 2 heterocycles. The topological polar surface area (TPSA) is 37.8 Å². The van der Waals surface area contributed by atoms with Gasteiger partial charge in [-0.1, -0.05) is 42.5 Å². The average molecular weight is 374 g/mol. The summed E-state index contributed by atoms with van der Waals surface area (Å²) in [5, 5.41) is 4.73. The van der Waals surface area contributed by atoms with Crippen LogP contribution in [0.5, 0.6) is 0 Å². The second-order valence-corrected chi connectivity index (χ2v) is 8.26. The molecule has 2 aromatic carbocycles. The number of fused-ring (bicyclic) bond motifs is 1. The highest BCUT2D eigenvalue weighted by molar-refractivity contribution is 7.18. The number of aromatic nitrogens is 2. The van der Waals surface area contributed by atoms with Crippen LogP contribution in [0.3, 0.4) is 0 Å². The molecule has 3 nitrogen and oxygen atoms in total. The summed E-state index contributed by atoms with van der Waals surface area (Å²) in [5.74, 6) is 1.75. The second-order valence-electron chi connectivity index (χ2n) is 7.06. The van der Waals surface area contributed by atoms with Gasteiger partial charge in [0.2, 0.25) is 0 Å². The molecule has 0 amide bonds. The first-order valence-electron chi connectivity index (χ1n) is 9.16. The minimum absolute atomic E-state index is 0.730. The predicted octanol–water partition coefficient (Wildman–Crippen LogP) is 6.26. The number of hydrogen-bond acceptors (Lipinski definition) is 4. The van der Waals surface area contributed by atoms with Crippen LogP contribution < -0.4 is 5.32 Å². The maximum atomic E-state index is 4.92. The van der Waals surface area contributed by atoms with Crippen molar-refractivity contribution in [1.29, 1.82) is 0 Å². The smallest absolute Gasteiger partial charge is 0.143 e. The van der Waals surface area contributed by atoms with E-state index in [9.17, 15) is 0 Å². The number of aryl methyl sites for hydroxylation is 4. The highest BCUT2D eigenvalue weighted by Crippen LogP contribution is 2.35. The van der Waals surface area contributed by atoms with Gasteiger partial charge in [0.25, 0.3) is 0 Å². The molecule has 0 aliphatic rings. The van der Waals surface area contributed by atoms with E-state index in [4.69, 9.17) is 9.97 Å². The Kier molecular flexibility index (Phi) is 4.66. The summed E-state index contributed by atoms with van der Waals surface area (Å²) in [5.41, 5.74) is 6.02. The first-order valence-corrected chi connectivity index (χ1v) is 9.97. The van der Waals surface area contributed by atoms with Gasteiger partial charge in [-0.2, -0.15) is 0 Å². The van der Waals surface area contributed by atoms with Crippen molar-refractivity contribution >= 4 is 33.1 Å². The average Bonchev–Trinajstić information content (AvgIpc) is 2.93. The van der Waals surface area contributed by atoms with Crippen LogP contribution in [-0.4, -0.2) is 9.97 Å². The van der Waals surface area contributed by atoms with Crippen molar-refractivity contribution in [3.8, 4) is 0 Å². The summed E-state index contributed by atoms with van der Waals surface area (Å²) in [4.78, 5) is 12.1. The number of nitrogens with one attached hydrogen (secondary N) is 1. The number of rotatable bonds is 4. The highest BCUT2D eigenvalue weighted by Gasteiger charge is 2.15. The summed E-state index contributed by atoms with van der Waals surface area (Å²) in [7, 11) is 0. The lowest BCUT2D eigenvalue weighted by Crippen LogP contribution is -2.03. The lowest BCUT2D eigenvalue weighted by molar-refractivity contribution is 0.999. The Morgan fingerprint density at radius 3 is 2.48 bits per heavy atom. The molecule has 0 bridgehead atoms. The molecule has 0 aliphatic carbocycles. The largest absolute Gasteiger partial charge is 0.339 e. The van der Waals surface area contributed by atoms with E-state index >= 15 is 0 Å². The van der Waals surface area contributed by atoms with Crippen LogP contribution in [-0.2, 0) is 6.42 Å². The summed E-state index contributed by atoms with van der Waals surface area (Å²) >= 11 is 1.74. The molecule has 0 unspecified atom stereocenters. The van der Waals surface area contributed by atoms with Crippen LogP contribution in [0.25, 0.3) is 10.2 Å². The standard InChI is InChI=1S/C23H23N3S/c1-14-10-11-15(2)19(12-14)24-22-21-16(3)17(4)27-23(21)26-20(25-22)13-18-8-6-5-7-9-18/h5-12H,13H2,1-4H3,(H,24,25,26). The molecule has 0 fully saturated rings. The molecular formula is C23H23N3S. The summed E-state index contributed by atoms with van der Waals surface area (Å²) in [6, 6.07) is 16.9. The van der Waals surface area contributed by atoms with E-state index < -0.39 is 0 Å².